The van der Waals surface area contributed by atoms with E-state index in [4.69, 9.17) is 10.5 Å². The van der Waals surface area contributed by atoms with Crippen LogP contribution < -0.4 is 15.8 Å². The standard InChI is InChI=1S/C21H22N2O3/c1-2-17(16-10-4-3-5-11-16)21(25)23-14-8-9-15-26-19-13-7-6-12-18(19)20(22)24/h3-7,10-13,17H,2,14-15H2,1H3,(H2,22,24)(H,23,25)/t17-/m1/s1. The van der Waals surface area contributed by atoms with E-state index in [1.165, 1.54) is 0 Å². The molecular formula is C21H22N2O3. The van der Waals surface area contributed by atoms with E-state index in [0.717, 1.165) is 12.0 Å². The number of amides is 2. The SMILES string of the molecule is CC[C@@H](C(=O)NCC#CCOc1ccccc1C(N)=O)c1ccccc1. The molecule has 0 heterocycles. The number of hydrogen-bond acceptors (Lipinski definition) is 3. The third-order valence-electron chi connectivity index (χ3n) is 3.86. The lowest BCUT2D eigenvalue weighted by molar-refractivity contribution is -0.122. The highest BCUT2D eigenvalue weighted by atomic mass is 16.5. The van der Waals surface area contributed by atoms with Crippen LogP contribution in [-0.4, -0.2) is 25.0 Å². The molecule has 2 aromatic carbocycles. The number of hydrogen-bond donors (Lipinski definition) is 2. The van der Waals surface area contributed by atoms with Gasteiger partial charge in [-0.1, -0.05) is 61.2 Å². The minimum absolute atomic E-state index is 0.0482. The lowest BCUT2D eigenvalue weighted by atomic mass is 9.96. The Morgan fingerprint density at radius 2 is 1.77 bits per heavy atom. The molecule has 134 valence electrons. The molecule has 2 aromatic rings. The van der Waals surface area contributed by atoms with Crippen LogP contribution in [0.1, 0.15) is 35.2 Å². The van der Waals surface area contributed by atoms with Crippen LogP contribution in [0.3, 0.4) is 0 Å². The molecule has 2 rings (SSSR count). The van der Waals surface area contributed by atoms with Gasteiger partial charge in [-0.25, -0.2) is 0 Å². The number of benzene rings is 2. The quantitative estimate of drug-likeness (QED) is 0.753. The second-order valence-electron chi connectivity index (χ2n) is 5.59. The van der Waals surface area contributed by atoms with Crippen molar-refractivity contribution in [3.05, 3.63) is 65.7 Å². The summed E-state index contributed by atoms with van der Waals surface area (Å²) >= 11 is 0. The van der Waals surface area contributed by atoms with E-state index < -0.39 is 5.91 Å². The summed E-state index contributed by atoms with van der Waals surface area (Å²) in [6.07, 6.45) is 0.719. The Morgan fingerprint density at radius 3 is 2.46 bits per heavy atom. The van der Waals surface area contributed by atoms with Gasteiger partial charge in [-0.15, -0.1) is 0 Å². The molecule has 0 saturated heterocycles. The molecule has 0 saturated carbocycles. The topological polar surface area (TPSA) is 81.4 Å². The number of primary amides is 1. The second kappa shape index (κ2) is 9.90. The Kier molecular flexibility index (Phi) is 7.26. The van der Waals surface area contributed by atoms with Crippen LogP contribution in [0.2, 0.25) is 0 Å². The summed E-state index contributed by atoms with van der Waals surface area (Å²) in [5.41, 5.74) is 6.60. The number of para-hydroxylation sites is 1. The lowest BCUT2D eigenvalue weighted by Gasteiger charge is -2.14. The Balaban J connectivity index is 1.82. The fourth-order valence-corrected chi connectivity index (χ4v) is 2.54. The normalized spacial score (nSPS) is 11.0. The van der Waals surface area contributed by atoms with Gasteiger partial charge in [-0.05, 0) is 24.1 Å². The van der Waals surface area contributed by atoms with E-state index in [9.17, 15) is 9.59 Å². The summed E-state index contributed by atoms with van der Waals surface area (Å²) in [5.74, 6) is 5.27. The number of nitrogens with one attached hydrogen (secondary N) is 1. The first kappa shape index (κ1) is 19.1. The Bertz CT molecular complexity index is 807. The third kappa shape index (κ3) is 5.38. The van der Waals surface area contributed by atoms with Crippen molar-refractivity contribution in [2.24, 2.45) is 5.73 Å². The van der Waals surface area contributed by atoms with Gasteiger partial charge in [-0.3, -0.25) is 9.59 Å². The van der Waals surface area contributed by atoms with Gasteiger partial charge in [0, 0.05) is 0 Å². The minimum atomic E-state index is -0.549. The van der Waals surface area contributed by atoms with E-state index in [1.807, 2.05) is 37.3 Å². The smallest absolute Gasteiger partial charge is 0.252 e. The number of rotatable bonds is 7. The van der Waals surface area contributed by atoms with Crippen LogP contribution in [0.5, 0.6) is 5.75 Å². The van der Waals surface area contributed by atoms with Crippen molar-refractivity contribution in [2.45, 2.75) is 19.3 Å². The Morgan fingerprint density at radius 1 is 1.08 bits per heavy atom. The average molecular weight is 350 g/mol. The molecular weight excluding hydrogens is 328 g/mol. The lowest BCUT2D eigenvalue weighted by Crippen LogP contribution is -2.29. The van der Waals surface area contributed by atoms with Gasteiger partial charge in [0.05, 0.1) is 18.0 Å². The van der Waals surface area contributed by atoms with Gasteiger partial charge in [0.1, 0.15) is 12.4 Å². The summed E-state index contributed by atoms with van der Waals surface area (Å²) in [5, 5.41) is 2.82. The molecule has 3 N–H and O–H groups in total. The van der Waals surface area contributed by atoms with Gasteiger partial charge in [0.25, 0.3) is 5.91 Å². The zero-order chi connectivity index (χ0) is 18.8. The minimum Gasteiger partial charge on any atom is -0.480 e. The summed E-state index contributed by atoms with van der Waals surface area (Å²) in [6.45, 7) is 2.33. The molecule has 0 aromatic heterocycles. The number of nitrogens with two attached hydrogens (primary N) is 1. The fraction of sp³-hybridized carbons (Fsp3) is 0.238. The largest absolute Gasteiger partial charge is 0.480 e. The van der Waals surface area contributed by atoms with Crippen LogP contribution in [0.15, 0.2) is 54.6 Å². The summed E-state index contributed by atoms with van der Waals surface area (Å²) < 4.78 is 5.46. The molecule has 2 amide bonds. The van der Waals surface area contributed by atoms with Crippen LogP contribution in [0.4, 0.5) is 0 Å². The number of ether oxygens (including phenoxy) is 1. The van der Waals surface area contributed by atoms with Crippen LogP contribution in [-0.2, 0) is 4.79 Å². The third-order valence-corrected chi connectivity index (χ3v) is 3.86. The van der Waals surface area contributed by atoms with E-state index in [2.05, 4.69) is 17.2 Å². The van der Waals surface area contributed by atoms with Crippen molar-refractivity contribution in [3.8, 4) is 17.6 Å². The molecule has 5 nitrogen and oxygen atoms in total. The van der Waals surface area contributed by atoms with E-state index >= 15 is 0 Å². The van der Waals surface area contributed by atoms with Gasteiger partial charge >= 0.3 is 0 Å². The van der Waals surface area contributed by atoms with Crippen molar-refractivity contribution in [1.82, 2.24) is 5.32 Å². The molecule has 0 aliphatic rings. The highest BCUT2D eigenvalue weighted by molar-refractivity contribution is 5.95. The number of carbonyl (C=O) groups is 2. The van der Waals surface area contributed by atoms with E-state index in [0.29, 0.717) is 11.3 Å². The predicted octanol–water partition coefficient (Wildman–Crippen LogP) is 2.48. The molecule has 0 unspecified atom stereocenters. The van der Waals surface area contributed by atoms with Crippen LogP contribution in [0.25, 0.3) is 0 Å². The molecule has 0 fully saturated rings. The van der Waals surface area contributed by atoms with Gasteiger partial charge in [0.2, 0.25) is 5.91 Å². The maximum Gasteiger partial charge on any atom is 0.252 e. The highest BCUT2D eigenvalue weighted by Crippen LogP contribution is 2.19. The summed E-state index contributed by atoms with van der Waals surface area (Å²) in [7, 11) is 0. The van der Waals surface area contributed by atoms with Gasteiger partial charge in [-0.2, -0.15) is 0 Å². The molecule has 0 aliphatic carbocycles. The van der Waals surface area contributed by atoms with Crippen molar-refractivity contribution >= 4 is 11.8 Å². The molecule has 5 heteroatoms. The molecule has 0 bridgehead atoms. The Hall–Kier alpha value is -3.26. The molecule has 0 spiro atoms. The van der Waals surface area contributed by atoms with Gasteiger partial charge < -0.3 is 15.8 Å². The summed E-state index contributed by atoms with van der Waals surface area (Å²) in [6, 6.07) is 16.4. The molecule has 26 heavy (non-hydrogen) atoms. The maximum absolute atomic E-state index is 12.3. The van der Waals surface area contributed by atoms with Crippen molar-refractivity contribution < 1.29 is 14.3 Å². The maximum atomic E-state index is 12.3. The second-order valence-corrected chi connectivity index (χ2v) is 5.59. The van der Waals surface area contributed by atoms with Crippen molar-refractivity contribution in [1.29, 1.82) is 0 Å². The molecule has 1 atom stereocenters. The first-order valence-corrected chi connectivity index (χ1v) is 8.43. The van der Waals surface area contributed by atoms with E-state index in [-0.39, 0.29) is 25.0 Å². The average Bonchev–Trinajstić information content (AvgIpc) is 2.66. The Labute approximate surface area is 153 Å². The molecule has 0 radical (unpaired) electrons. The predicted molar refractivity (Wildman–Crippen MR) is 101 cm³/mol. The van der Waals surface area contributed by atoms with Crippen molar-refractivity contribution in [2.75, 3.05) is 13.2 Å². The van der Waals surface area contributed by atoms with E-state index in [1.54, 1.807) is 24.3 Å². The first-order valence-electron chi connectivity index (χ1n) is 8.43. The highest BCUT2D eigenvalue weighted by Gasteiger charge is 2.17. The van der Waals surface area contributed by atoms with Crippen LogP contribution >= 0.6 is 0 Å². The van der Waals surface area contributed by atoms with Crippen LogP contribution in [0, 0.1) is 11.8 Å². The number of carbonyl (C=O) groups excluding carboxylic acids is 2. The first-order chi connectivity index (χ1) is 12.6. The monoisotopic (exact) mass is 350 g/mol. The molecule has 0 aliphatic heterocycles. The fourth-order valence-electron chi connectivity index (χ4n) is 2.54. The zero-order valence-corrected chi connectivity index (χ0v) is 14.7. The zero-order valence-electron chi connectivity index (χ0n) is 14.7. The summed E-state index contributed by atoms with van der Waals surface area (Å²) in [4.78, 5) is 23.6. The van der Waals surface area contributed by atoms with Crippen molar-refractivity contribution in [3.63, 3.8) is 0 Å². The van der Waals surface area contributed by atoms with Gasteiger partial charge in [0.15, 0.2) is 0 Å².